The van der Waals surface area contributed by atoms with Crippen molar-refractivity contribution in [3.05, 3.63) is 23.6 Å². The van der Waals surface area contributed by atoms with E-state index in [0.717, 1.165) is 25.5 Å². The second-order valence-electron chi connectivity index (χ2n) is 5.10. The molecule has 0 fully saturated rings. The number of aromatic nitrogens is 1. The van der Waals surface area contributed by atoms with E-state index in [0.29, 0.717) is 12.4 Å². The Hall–Kier alpha value is -1.65. The van der Waals surface area contributed by atoms with Crippen molar-refractivity contribution in [2.45, 2.75) is 46.1 Å². The standard InChI is InChI=1S/C15H24FN3O/c1-5-6-7-8-19(11(2)3)15(20)13-9-12(16)10-18-14(13)17-4/h9-11H,5-8H2,1-4H3,(H,17,18). The molecule has 0 aromatic carbocycles. The van der Waals surface area contributed by atoms with E-state index in [9.17, 15) is 9.18 Å². The molecule has 0 aliphatic rings. The Labute approximate surface area is 120 Å². The highest BCUT2D eigenvalue weighted by molar-refractivity contribution is 5.98. The minimum absolute atomic E-state index is 0.0762. The molecule has 0 aliphatic carbocycles. The summed E-state index contributed by atoms with van der Waals surface area (Å²) in [5, 5.41) is 2.84. The number of anilines is 1. The van der Waals surface area contributed by atoms with Crippen molar-refractivity contribution in [2.75, 3.05) is 18.9 Å². The molecule has 0 unspecified atom stereocenters. The van der Waals surface area contributed by atoms with Gasteiger partial charge in [0, 0.05) is 19.6 Å². The minimum Gasteiger partial charge on any atom is -0.372 e. The lowest BCUT2D eigenvalue weighted by Crippen LogP contribution is -2.38. The molecule has 4 nitrogen and oxygen atoms in total. The highest BCUT2D eigenvalue weighted by Crippen LogP contribution is 2.17. The van der Waals surface area contributed by atoms with Crippen molar-refractivity contribution < 1.29 is 9.18 Å². The third-order valence-corrected chi connectivity index (χ3v) is 3.21. The number of nitrogens with one attached hydrogen (secondary N) is 1. The molecular formula is C15H24FN3O. The van der Waals surface area contributed by atoms with Gasteiger partial charge in [0.15, 0.2) is 0 Å². The molecule has 1 aromatic heterocycles. The third kappa shape index (κ3) is 4.18. The number of unbranched alkanes of at least 4 members (excludes halogenated alkanes) is 2. The zero-order valence-corrected chi connectivity index (χ0v) is 12.7. The van der Waals surface area contributed by atoms with Crippen LogP contribution in [-0.4, -0.2) is 35.4 Å². The van der Waals surface area contributed by atoms with Gasteiger partial charge in [0.25, 0.3) is 5.91 Å². The Morgan fingerprint density at radius 3 is 2.70 bits per heavy atom. The summed E-state index contributed by atoms with van der Waals surface area (Å²) in [4.78, 5) is 18.3. The molecule has 0 radical (unpaired) electrons. The average Bonchev–Trinajstić information content (AvgIpc) is 2.42. The van der Waals surface area contributed by atoms with Crippen LogP contribution in [0.25, 0.3) is 0 Å². The second-order valence-corrected chi connectivity index (χ2v) is 5.10. The van der Waals surface area contributed by atoms with Gasteiger partial charge in [-0.3, -0.25) is 4.79 Å². The number of carbonyl (C=O) groups is 1. The predicted molar refractivity (Wildman–Crippen MR) is 79.4 cm³/mol. The molecule has 1 N–H and O–H groups in total. The number of halogens is 1. The van der Waals surface area contributed by atoms with Crippen LogP contribution in [0.3, 0.4) is 0 Å². The molecule has 0 aliphatic heterocycles. The first-order chi connectivity index (χ1) is 9.51. The largest absolute Gasteiger partial charge is 0.372 e. The van der Waals surface area contributed by atoms with Gasteiger partial charge in [-0.15, -0.1) is 0 Å². The summed E-state index contributed by atoms with van der Waals surface area (Å²) in [6.07, 6.45) is 4.25. The summed E-state index contributed by atoms with van der Waals surface area (Å²) < 4.78 is 13.4. The van der Waals surface area contributed by atoms with E-state index in [1.807, 2.05) is 13.8 Å². The van der Waals surface area contributed by atoms with Gasteiger partial charge in [-0.2, -0.15) is 0 Å². The van der Waals surface area contributed by atoms with E-state index in [2.05, 4.69) is 17.2 Å². The summed E-state index contributed by atoms with van der Waals surface area (Å²) in [5.41, 5.74) is 0.290. The van der Waals surface area contributed by atoms with Crippen LogP contribution in [0.2, 0.25) is 0 Å². The molecular weight excluding hydrogens is 257 g/mol. The smallest absolute Gasteiger partial charge is 0.257 e. The van der Waals surface area contributed by atoms with Gasteiger partial charge < -0.3 is 10.2 Å². The quantitative estimate of drug-likeness (QED) is 0.780. The summed E-state index contributed by atoms with van der Waals surface area (Å²) >= 11 is 0. The number of rotatable bonds is 7. The van der Waals surface area contributed by atoms with Crippen LogP contribution in [-0.2, 0) is 0 Å². The maximum Gasteiger partial charge on any atom is 0.257 e. The Balaban J connectivity index is 2.96. The van der Waals surface area contributed by atoms with Crippen LogP contribution in [0.4, 0.5) is 10.2 Å². The molecule has 0 bridgehead atoms. The van der Waals surface area contributed by atoms with Crippen molar-refractivity contribution in [3.8, 4) is 0 Å². The van der Waals surface area contributed by atoms with Crippen molar-refractivity contribution in [2.24, 2.45) is 0 Å². The van der Waals surface area contributed by atoms with E-state index in [-0.39, 0.29) is 17.5 Å². The number of carbonyl (C=O) groups excluding carboxylic acids is 1. The Bertz CT molecular complexity index is 449. The van der Waals surface area contributed by atoms with Crippen molar-refractivity contribution >= 4 is 11.7 Å². The van der Waals surface area contributed by atoms with Crippen LogP contribution >= 0.6 is 0 Å². The maximum absolute atomic E-state index is 13.4. The lowest BCUT2D eigenvalue weighted by Gasteiger charge is -2.27. The third-order valence-electron chi connectivity index (χ3n) is 3.21. The molecule has 5 heteroatoms. The lowest BCUT2D eigenvalue weighted by molar-refractivity contribution is 0.0702. The number of nitrogens with zero attached hydrogens (tertiary/aromatic N) is 2. The van der Waals surface area contributed by atoms with Crippen LogP contribution < -0.4 is 5.32 Å². The fourth-order valence-corrected chi connectivity index (χ4v) is 2.08. The van der Waals surface area contributed by atoms with Crippen LogP contribution in [0, 0.1) is 5.82 Å². The number of hydrogen-bond acceptors (Lipinski definition) is 3. The number of hydrogen-bond donors (Lipinski definition) is 1. The molecule has 1 rings (SSSR count). The number of amides is 1. The fraction of sp³-hybridized carbons (Fsp3) is 0.600. The summed E-state index contributed by atoms with van der Waals surface area (Å²) in [6.45, 7) is 6.74. The summed E-state index contributed by atoms with van der Waals surface area (Å²) in [7, 11) is 1.67. The molecule has 1 aromatic rings. The molecule has 0 spiro atoms. The number of pyridine rings is 1. The summed E-state index contributed by atoms with van der Waals surface area (Å²) in [5.74, 6) is -0.255. The fourth-order valence-electron chi connectivity index (χ4n) is 2.08. The molecule has 112 valence electrons. The van der Waals surface area contributed by atoms with Crippen LogP contribution in [0.15, 0.2) is 12.3 Å². The van der Waals surface area contributed by atoms with Gasteiger partial charge in [-0.1, -0.05) is 19.8 Å². The monoisotopic (exact) mass is 281 g/mol. The topological polar surface area (TPSA) is 45.2 Å². The molecule has 1 amide bonds. The van der Waals surface area contributed by atoms with Gasteiger partial charge >= 0.3 is 0 Å². The molecule has 20 heavy (non-hydrogen) atoms. The van der Waals surface area contributed by atoms with E-state index >= 15 is 0 Å². The molecule has 1 heterocycles. The second kappa shape index (κ2) is 7.82. The highest BCUT2D eigenvalue weighted by atomic mass is 19.1. The molecule has 0 saturated carbocycles. The van der Waals surface area contributed by atoms with Crippen LogP contribution in [0.5, 0.6) is 0 Å². The Morgan fingerprint density at radius 1 is 1.45 bits per heavy atom. The Morgan fingerprint density at radius 2 is 2.15 bits per heavy atom. The van der Waals surface area contributed by atoms with E-state index in [4.69, 9.17) is 0 Å². The maximum atomic E-state index is 13.4. The van der Waals surface area contributed by atoms with Crippen LogP contribution in [0.1, 0.15) is 50.4 Å². The van der Waals surface area contributed by atoms with E-state index < -0.39 is 5.82 Å². The normalized spacial score (nSPS) is 10.7. The van der Waals surface area contributed by atoms with Crippen molar-refractivity contribution in [1.82, 2.24) is 9.88 Å². The minimum atomic E-state index is -0.496. The van der Waals surface area contributed by atoms with Gasteiger partial charge in [-0.05, 0) is 26.3 Å². The lowest BCUT2D eigenvalue weighted by atomic mass is 10.1. The Kier molecular flexibility index (Phi) is 6.42. The first kappa shape index (κ1) is 16.4. The molecule has 0 atom stereocenters. The van der Waals surface area contributed by atoms with Crippen molar-refractivity contribution in [3.63, 3.8) is 0 Å². The van der Waals surface area contributed by atoms with Gasteiger partial charge in [0.05, 0.1) is 11.8 Å². The predicted octanol–water partition coefficient (Wildman–Crippen LogP) is 3.30. The average molecular weight is 281 g/mol. The molecule has 0 saturated heterocycles. The first-order valence-corrected chi connectivity index (χ1v) is 7.15. The van der Waals surface area contributed by atoms with E-state index in [1.54, 1.807) is 11.9 Å². The van der Waals surface area contributed by atoms with Gasteiger partial charge in [0.1, 0.15) is 11.6 Å². The van der Waals surface area contributed by atoms with E-state index in [1.165, 1.54) is 6.07 Å². The van der Waals surface area contributed by atoms with Gasteiger partial charge in [-0.25, -0.2) is 9.37 Å². The highest BCUT2D eigenvalue weighted by Gasteiger charge is 2.22. The zero-order chi connectivity index (χ0) is 15.1. The summed E-state index contributed by atoms with van der Waals surface area (Å²) in [6, 6.07) is 1.32. The van der Waals surface area contributed by atoms with Gasteiger partial charge in [0.2, 0.25) is 0 Å². The first-order valence-electron chi connectivity index (χ1n) is 7.15. The SMILES string of the molecule is CCCCCN(C(=O)c1cc(F)cnc1NC)C(C)C. The van der Waals surface area contributed by atoms with Crippen molar-refractivity contribution in [1.29, 1.82) is 0 Å². The zero-order valence-electron chi connectivity index (χ0n) is 12.7.